The van der Waals surface area contributed by atoms with Crippen LogP contribution in [0.15, 0.2) is 30.5 Å². The molecule has 0 bridgehead atoms. The van der Waals surface area contributed by atoms with Crippen molar-refractivity contribution in [2.24, 2.45) is 7.05 Å². The second kappa shape index (κ2) is 5.08. The zero-order valence-corrected chi connectivity index (χ0v) is 11.0. The highest BCUT2D eigenvalue weighted by molar-refractivity contribution is 5.78. The van der Waals surface area contributed by atoms with Gasteiger partial charge in [-0.25, -0.2) is 8.78 Å². The van der Waals surface area contributed by atoms with Crippen molar-refractivity contribution in [1.29, 1.82) is 0 Å². The van der Waals surface area contributed by atoms with Crippen LogP contribution in [0.1, 0.15) is 5.56 Å². The van der Waals surface area contributed by atoms with Gasteiger partial charge >= 0.3 is 0 Å². The van der Waals surface area contributed by atoms with Gasteiger partial charge in [0, 0.05) is 24.7 Å². The SMILES string of the molecule is Cn1cc2cc(COc3nc(F)c(F)cc3F)ccc2n1. The minimum absolute atomic E-state index is 0.0141. The Kier molecular flexibility index (Phi) is 3.25. The third kappa shape index (κ3) is 2.67. The van der Waals surface area contributed by atoms with Crippen molar-refractivity contribution < 1.29 is 17.9 Å². The fraction of sp³-hybridized carbons (Fsp3) is 0.143. The molecule has 1 aromatic carbocycles. The first-order chi connectivity index (χ1) is 10.0. The number of benzene rings is 1. The minimum atomic E-state index is -1.39. The van der Waals surface area contributed by atoms with Gasteiger partial charge in [0.15, 0.2) is 11.6 Å². The van der Waals surface area contributed by atoms with E-state index in [9.17, 15) is 13.2 Å². The summed E-state index contributed by atoms with van der Waals surface area (Å²) in [6.45, 7) is -0.0141. The van der Waals surface area contributed by atoms with Crippen LogP contribution < -0.4 is 4.74 Å². The highest BCUT2D eigenvalue weighted by atomic mass is 19.2. The van der Waals surface area contributed by atoms with E-state index in [-0.39, 0.29) is 6.61 Å². The first-order valence-electron chi connectivity index (χ1n) is 6.09. The average Bonchev–Trinajstić information content (AvgIpc) is 2.80. The van der Waals surface area contributed by atoms with E-state index in [2.05, 4.69) is 10.1 Å². The Bertz CT molecular complexity index is 817. The number of aryl methyl sites for hydroxylation is 1. The number of halogens is 3. The zero-order chi connectivity index (χ0) is 15.0. The smallest absolute Gasteiger partial charge is 0.253 e. The number of rotatable bonds is 3. The maximum absolute atomic E-state index is 13.4. The van der Waals surface area contributed by atoms with E-state index in [0.29, 0.717) is 6.07 Å². The molecule has 21 heavy (non-hydrogen) atoms. The predicted molar refractivity (Wildman–Crippen MR) is 69.2 cm³/mol. The number of pyridine rings is 1. The summed E-state index contributed by atoms with van der Waals surface area (Å²) in [6, 6.07) is 5.78. The van der Waals surface area contributed by atoms with Gasteiger partial charge in [-0.05, 0) is 17.7 Å². The summed E-state index contributed by atoms with van der Waals surface area (Å²) in [5, 5.41) is 5.12. The van der Waals surface area contributed by atoms with Crippen LogP contribution in [0.5, 0.6) is 5.88 Å². The van der Waals surface area contributed by atoms with Crippen LogP contribution in [-0.4, -0.2) is 14.8 Å². The summed E-state index contributed by atoms with van der Waals surface area (Å²) in [4.78, 5) is 3.10. The van der Waals surface area contributed by atoms with E-state index < -0.39 is 23.5 Å². The van der Waals surface area contributed by atoms with Crippen molar-refractivity contribution in [2.45, 2.75) is 6.61 Å². The number of aromatic nitrogens is 3. The fourth-order valence-corrected chi connectivity index (χ4v) is 1.97. The van der Waals surface area contributed by atoms with Gasteiger partial charge in [0.05, 0.1) is 5.52 Å². The quantitative estimate of drug-likeness (QED) is 0.697. The average molecular weight is 293 g/mol. The van der Waals surface area contributed by atoms with Gasteiger partial charge in [0.2, 0.25) is 0 Å². The minimum Gasteiger partial charge on any atom is -0.471 e. The van der Waals surface area contributed by atoms with Gasteiger partial charge < -0.3 is 4.74 Å². The molecular formula is C14H10F3N3O. The van der Waals surface area contributed by atoms with Crippen molar-refractivity contribution in [3.8, 4) is 5.88 Å². The zero-order valence-electron chi connectivity index (χ0n) is 11.0. The molecule has 0 aliphatic heterocycles. The van der Waals surface area contributed by atoms with Gasteiger partial charge in [-0.2, -0.15) is 14.5 Å². The van der Waals surface area contributed by atoms with E-state index in [1.165, 1.54) is 0 Å². The number of ether oxygens (including phenoxy) is 1. The molecule has 0 N–H and O–H groups in total. The molecule has 0 spiro atoms. The standard InChI is InChI=1S/C14H10F3N3O/c1-20-6-9-4-8(2-3-12(9)19-20)7-21-14-11(16)5-10(15)13(17)18-14/h2-6H,7H2,1H3. The van der Waals surface area contributed by atoms with E-state index in [0.717, 1.165) is 16.5 Å². The Morgan fingerprint density at radius 3 is 2.76 bits per heavy atom. The lowest BCUT2D eigenvalue weighted by molar-refractivity contribution is 0.268. The van der Waals surface area contributed by atoms with E-state index in [1.54, 1.807) is 23.9 Å². The lowest BCUT2D eigenvalue weighted by Gasteiger charge is -2.06. The van der Waals surface area contributed by atoms with Gasteiger partial charge in [-0.1, -0.05) is 6.07 Å². The Labute approximate surface area is 117 Å². The van der Waals surface area contributed by atoms with Crippen molar-refractivity contribution in [2.75, 3.05) is 0 Å². The Hall–Kier alpha value is -2.57. The first kappa shape index (κ1) is 13.4. The van der Waals surface area contributed by atoms with Crippen molar-refractivity contribution in [1.82, 2.24) is 14.8 Å². The molecule has 3 rings (SSSR count). The molecule has 0 aliphatic carbocycles. The second-order valence-corrected chi connectivity index (χ2v) is 4.53. The van der Waals surface area contributed by atoms with Crippen LogP contribution in [0.4, 0.5) is 13.2 Å². The second-order valence-electron chi connectivity index (χ2n) is 4.53. The van der Waals surface area contributed by atoms with Gasteiger partial charge in [-0.3, -0.25) is 4.68 Å². The molecule has 2 aromatic heterocycles. The van der Waals surface area contributed by atoms with Gasteiger partial charge in [0.1, 0.15) is 6.61 Å². The highest BCUT2D eigenvalue weighted by Crippen LogP contribution is 2.19. The third-order valence-electron chi connectivity index (χ3n) is 2.91. The predicted octanol–water partition coefficient (Wildman–Crippen LogP) is 2.96. The molecule has 108 valence electrons. The van der Waals surface area contributed by atoms with Crippen LogP contribution in [0, 0.1) is 17.6 Å². The lowest BCUT2D eigenvalue weighted by atomic mass is 10.2. The van der Waals surface area contributed by atoms with E-state index >= 15 is 0 Å². The maximum Gasteiger partial charge on any atom is 0.253 e. The molecule has 0 atom stereocenters. The van der Waals surface area contributed by atoms with Crippen molar-refractivity contribution >= 4 is 10.9 Å². The fourth-order valence-electron chi connectivity index (χ4n) is 1.97. The van der Waals surface area contributed by atoms with Crippen LogP contribution >= 0.6 is 0 Å². The Balaban J connectivity index is 1.81. The lowest BCUT2D eigenvalue weighted by Crippen LogP contribution is -2.02. The largest absolute Gasteiger partial charge is 0.471 e. The molecule has 4 nitrogen and oxygen atoms in total. The summed E-state index contributed by atoms with van der Waals surface area (Å²) < 4.78 is 45.9. The van der Waals surface area contributed by atoms with Crippen LogP contribution in [0.2, 0.25) is 0 Å². The third-order valence-corrected chi connectivity index (χ3v) is 2.91. The van der Waals surface area contributed by atoms with Gasteiger partial charge in [0.25, 0.3) is 11.8 Å². The molecule has 0 fully saturated rings. The monoisotopic (exact) mass is 293 g/mol. The number of hydrogen-bond donors (Lipinski definition) is 0. The summed E-state index contributed by atoms with van der Waals surface area (Å²) in [6.07, 6.45) is 1.83. The first-order valence-corrected chi connectivity index (χ1v) is 6.09. The molecule has 0 radical (unpaired) electrons. The molecule has 0 unspecified atom stereocenters. The molecule has 0 saturated carbocycles. The summed E-state index contributed by atoms with van der Waals surface area (Å²) in [7, 11) is 1.80. The highest BCUT2D eigenvalue weighted by Gasteiger charge is 2.13. The van der Waals surface area contributed by atoms with E-state index in [4.69, 9.17) is 4.74 Å². The van der Waals surface area contributed by atoms with Gasteiger partial charge in [-0.15, -0.1) is 0 Å². The molecule has 0 saturated heterocycles. The van der Waals surface area contributed by atoms with Crippen LogP contribution in [0.25, 0.3) is 10.9 Å². The Morgan fingerprint density at radius 1 is 1.14 bits per heavy atom. The summed E-state index contributed by atoms with van der Waals surface area (Å²) in [5.41, 5.74) is 1.56. The van der Waals surface area contributed by atoms with Crippen LogP contribution in [-0.2, 0) is 13.7 Å². The molecule has 2 heterocycles. The number of fused-ring (bicyclic) bond motifs is 1. The topological polar surface area (TPSA) is 39.9 Å². The molecule has 0 aliphatic rings. The maximum atomic E-state index is 13.4. The molecular weight excluding hydrogens is 283 g/mol. The van der Waals surface area contributed by atoms with Crippen molar-refractivity contribution in [3.05, 3.63) is 53.6 Å². The number of hydrogen-bond acceptors (Lipinski definition) is 3. The molecule has 3 aromatic rings. The summed E-state index contributed by atoms with van der Waals surface area (Å²) in [5.74, 6) is -4.36. The Morgan fingerprint density at radius 2 is 1.95 bits per heavy atom. The number of nitrogens with zero attached hydrogens (tertiary/aromatic N) is 3. The van der Waals surface area contributed by atoms with E-state index in [1.807, 2.05) is 12.3 Å². The van der Waals surface area contributed by atoms with Crippen LogP contribution in [0.3, 0.4) is 0 Å². The normalized spacial score (nSPS) is 11.0. The van der Waals surface area contributed by atoms with Crippen molar-refractivity contribution in [3.63, 3.8) is 0 Å². The molecule has 7 heteroatoms. The molecule has 0 amide bonds. The summed E-state index contributed by atoms with van der Waals surface area (Å²) >= 11 is 0.